The molecule has 1 heterocycles. The summed E-state index contributed by atoms with van der Waals surface area (Å²) in [6, 6.07) is 15.1. The van der Waals surface area contributed by atoms with Crippen molar-refractivity contribution in [3.63, 3.8) is 0 Å². The van der Waals surface area contributed by atoms with Gasteiger partial charge in [0.15, 0.2) is 0 Å². The lowest BCUT2D eigenvalue weighted by Gasteiger charge is -2.30. The molecule has 0 unspecified atom stereocenters. The molecular formula is C22H24N2O2. The maximum Gasteiger partial charge on any atom is 0.227 e. The molecule has 4 nitrogen and oxygen atoms in total. The fraction of sp³-hybridized carbons (Fsp3) is 0.364. The molecule has 1 amide bonds. The molecule has 0 radical (unpaired) electrons. The number of nitrogens with zero attached hydrogens (tertiary/aromatic N) is 2. The van der Waals surface area contributed by atoms with Crippen molar-refractivity contribution in [3.05, 3.63) is 65.0 Å². The Balaban J connectivity index is 1.67. The van der Waals surface area contributed by atoms with Gasteiger partial charge in [0.2, 0.25) is 5.91 Å². The van der Waals surface area contributed by atoms with Crippen molar-refractivity contribution >= 4 is 16.7 Å². The van der Waals surface area contributed by atoms with E-state index in [0.29, 0.717) is 12.5 Å². The molecule has 1 fully saturated rings. The zero-order chi connectivity index (χ0) is 18.3. The fourth-order valence-corrected chi connectivity index (χ4v) is 3.85. The van der Waals surface area contributed by atoms with E-state index in [9.17, 15) is 4.79 Å². The molecule has 3 aromatic rings. The molecule has 26 heavy (non-hydrogen) atoms. The zero-order valence-corrected chi connectivity index (χ0v) is 15.5. The van der Waals surface area contributed by atoms with Gasteiger partial charge in [-0.1, -0.05) is 47.6 Å². The van der Waals surface area contributed by atoms with E-state index in [2.05, 4.69) is 59.4 Å². The van der Waals surface area contributed by atoms with Gasteiger partial charge in [-0.2, -0.15) is 0 Å². The van der Waals surface area contributed by atoms with Gasteiger partial charge in [0.1, 0.15) is 5.76 Å². The van der Waals surface area contributed by atoms with E-state index in [1.165, 1.54) is 16.3 Å². The third-order valence-electron chi connectivity index (χ3n) is 5.43. The monoisotopic (exact) mass is 348 g/mol. The molecule has 1 aromatic heterocycles. The lowest BCUT2D eigenvalue weighted by Crippen LogP contribution is -2.36. The van der Waals surface area contributed by atoms with E-state index < -0.39 is 0 Å². The van der Waals surface area contributed by atoms with Crippen LogP contribution in [0.15, 0.2) is 47.0 Å². The molecule has 0 spiro atoms. The SMILES string of the molecule is Cc1noc(C)c1CC(=O)N(C1CC1)[C@H](C)c1cccc2ccccc12. The highest BCUT2D eigenvalue weighted by Gasteiger charge is 2.37. The number of carbonyl (C=O) groups is 1. The summed E-state index contributed by atoms with van der Waals surface area (Å²) in [7, 11) is 0. The van der Waals surface area contributed by atoms with Crippen molar-refractivity contribution in [2.45, 2.75) is 52.1 Å². The summed E-state index contributed by atoms with van der Waals surface area (Å²) in [6.07, 6.45) is 2.53. The predicted molar refractivity (Wildman–Crippen MR) is 102 cm³/mol. The summed E-state index contributed by atoms with van der Waals surface area (Å²) in [6.45, 7) is 5.91. The Bertz CT molecular complexity index is 931. The van der Waals surface area contributed by atoms with Gasteiger partial charge >= 0.3 is 0 Å². The first-order valence-electron chi connectivity index (χ1n) is 9.27. The van der Waals surface area contributed by atoms with Gasteiger partial charge < -0.3 is 9.42 Å². The van der Waals surface area contributed by atoms with Crippen molar-refractivity contribution in [2.75, 3.05) is 0 Å². The van der Waals surface area contributed by atoms with E-state index >= 15 is 0 Å². The summed E-state index contributed by atoms with van der Waals surface area (Å²) < 4.78 is 5.23. The van der Waals surface area contributed by atoms with Crippen LogP contribution in [0.2, 0.25) is 0 Å². The van der Waals surface area contributed by atoms with Gasteiger partial charge in [0, 0.05) is 11.6 Å². The molecule has 2 aromatic carbocycles. The minimum atomic E-state index is 0.0431. The lowest BCUT2D eigenvalue weighted by molar-refractivity contribution is -0.133. The summed E-state index contributed by atoms with van der Waals surface area (Å²) >= 11 is 0. The average Bonchev–Trinajstić information content (AvgIpc) is 3.43. The van der Waals surface area contributed by atoms with E-state index in [4.69, 9.17) is 4.52 Å². The molecular weight excluding hydrogens is 324 g/mol. The van der Waals surface area contributed by atoms with Crippen LogP contribution in [0.4, 0.5) is 0 Å². The van der Waals surface area contributed by atoms with Crippen LogP contribution in [0.1, 0.15) is 48.4 Å². The highest BCUT2D eigenvalue weighted by Crippen LogP contribution is 2.37. The van der Waals surface area contributed by atoms with Gasteiger partial charge in [-0.15, -0.1) is 0 Å². The minimum Gasteiger partial charge on any atom is -0.361 e. The molecule has 4 heteroatoms. The second-order valence-corrected chi connectivity index (χ2v) is 7.26. The quantitative estimate of drug-likeness (QED) is 0.669. The minimum absolute atomic E-state index is 0.0431. The molecule has 0 N–H and O–H groups in total. The largest absolute Gasteiger partial charge is 0.361 e. The number of aryl methyl sites for hydroxylation is 2. The van der Waals surface area contributed by atoms with E-state index in [-0.39, 0.29) is 11.9 Å². The molecule has 1 atom stereocenters. The summed E-state index contributed by atoms with van der Waals surface area (Å²) in [5, 5.41) is 6.42. The Labute approximate surface area is 153 Å². The van der Waals surface area contributed by atoms with Gasteiger partial charge in [-0.3, -0.25) is 4.79 Å². The maximum absolute atomic E-state index is 13.2. The summed E-state index contributed by atoms with van der Waals surface area (Å²) in [4.78, 5) is 15.3. The number of fused-ring (bicyclic) bond motifs is 1. The van der Waals surface area contributed by atoms with Crippen LogP contribution in [0.3, 0.4) is 0 Å². The Morgan fingerprint density at radius 3 is 2.62 bits per heavy atom. The van der Waals surface area contributed by atoms with E-state index in [1.54, 1.807) is 0 Å². The average molecular weight is 348 g/mol. The third kappa shape index (κ3) is 3.00. The highest BCUT2D eigenvalue weighted by molar-refractivity contribution is 5.87. The molecule has 0 aliphatic heterocycles. The van der Waals surface area contributed by atoms with Crippen LogP contribution in [-0.4, -0.2) is 22.0 Å². The van der Waals surface area contributed by atoms with E-state index in [1.807, 2.05) is 13.8 Å². The number of hydrogen-bond donors (Lipinski definition) is 0. The van der Waals surface area contributed by atoms with Gasteiger partial charge in [-0.25, -0.2) is 0 Å². The molecule has 1 aliphatic rings. The summed E-state index contributed by atoms with van der Waals surface area (Å²) in [5.41, 5.74) is 2.94. The molecule has 4 rings (SSSR count). The number of amides is 1. The van der Waals surface area contributed by atoms with Crippen molar-refractivity contribution in [1.82, 2.24) is 10.1 Å². The van der Waals surface area contributed by atoms with Gasteiger partial charge in [0.05, 0.1) is 18.2 Å². The topological polar surface area (TPSA) is 46.3 Å². The number of carbonyl (C=O) groups excluding carboxylic acids is 1. The summed E-state index contributed by atoms with van der Waals surface area (Å²) in [5.74, 6) is 0.895. The molecule has 0 saturated heterocycles. The van der Waals surface area contributed by atoms with E-state index in [0.717, 1.165) is 29.9 Å². The van der Waals surface area contributed by atoms with Crippen LogP contribution in [0.25, 0.3) is 10.8 Å². The van der Waals surface area contributed by atoms with Crippen LogP contribution in [-0.2, 0) is 11.2 Å². The van der Waals surface area contributed by atoms with Crippen LogP contribution in [0, 0.1) is 13.8 Å². The van der Waals surface area contributed by atoms with Crippen molar-refractivity contribution in [2.24, 2.45) is 0 Å². The maximum atomic E-state index is 13.2. The van der Waals surface area contributed by atoms with Crippen molar-refractivity contribution in [1.29, 1.82) is 0 Å². The van der Waals surface area contributed by atoms with Crippen molar-refractivity contribution in [3.8, 4) is 0 Å². The standard InChI is InChI=1S/C22H24N2O2/c1-14-21(16(3)26-23-14)13-22(25)24(18-11-12-18)15(2)19-10-6-8-17-7-4-5-9-20(17)19/h4-10,15,18H,11-13H2,1-3H3/t15-/m1/s1. The number of aromatic nitrogens is 1. The normalized spacial score (nSPS) is 15.2. The number of hydrogen-bond acceptors (Lipinski definition) is 3. The first-order chi connectivity index (χ1) is 12.6. The van der Waals surface area contributed by atoms with Crippen LogP contribution >= 0.6 is 0 Å². The fourth-order valence-electron chi connectivity index (χ4n) is 3.85. The Hall–Kier alpha value is -2.62. The van der Waals surface area contributed by atoms with Crippen molar-refractivity contribution < 1.29 is 9.32 Å². The predicted octanol–water partition coefficient (Wildman–Crippen LogP) is 4.74. The number of benzene rings is 2. The Morgan fingerprint density at radius 2 is 1.92 bits per heavy atom. The molecule has 1 saturated carbocycles. The Morgan fingerprint density at radius 1 is 1.19 bits per heavy atom. The smallest absolute Gasteiger partial charge is 0.227 e. The first kappa shape index (κ1) is 16.8. The molecule has 0 bridgehead atoms. The van der Waals surface area contributed by atoms with Gasteiger partial charge in [0.25, 0.3) is 0 Å². The van der Waals surface area contributed by atoms with Crippen LogP contribution < -0.4 is 0 Å². The zero-order valence-electron chi connectivity index (χ0n) is 15.5. The van der Waals surface area contributed by atoms with Gasteiger partial charge in [-0.05, 0) is 49.9 Å². The lowest BCUT2D eigenvalue weighted by atomic mass is 9.98. The second-order valence-electron chi connectivity index (χ2n) is 7.26. The number of rotatable bonds is 5. The highest BCUT2D eigenvalue weighted by atomic mass is 16.5. The first-order valence-corrected chi connectivity index (χ1v) is 9.27. The molecule has 134 valence electrons. The molecule has 1 aliphatic carbocycles. The second kappa shape index (κ2) is 6.60. The third-order valence-corrected chi connectivity index (χ3v) is 5.43. The Kier molecular flexibility index (Phi) is 4.27. The van der Waals surface area contributed by atoms with Crippen LogP contribution in [0.5, 0.6) is 0 Å².